The monoisotopic (exact) mass is 300 g/mol. The van der Waals surface area contributed by atoms with Gasteiger partial charge in [-0.15, -0.1) is 0 Å². The Balaban J connectivity index is 1.70. The maximum atomic E-state index is 13.0. The van der Waals surface area contributed by atoms with Gasteiger partial charge in [0.25, 0.3) is 0 Å². The molecular formula is C19H28N2O. The van der Waals surface area contributed by atoms with Crippen LogP contribution < -0.4 is 5.32 Å². The fourth-order valence-corrected chi connectivity index (χ4v) is 3.99. The molecule has 120 valence electrons. The van der Waals surface area contributed by atoms with Gasteiger partial charge in [-0.3, -0.25) is 4.79 Å². The van der Waals surface area contributed by atoms with Crippen molar-refractivity contribution in [2.75, 3.05) is 19.6 Å². The highest BCUT2D eigenvalue weighted by atomic mass is 16.2. The van der Waals surface area contributed by atoms with Crippen LogP contribution in [0.5, 0.6) is 0 Å². The van der Waals surface area contributed by atoms with E-state index in [-0.39, 0.29) is 11.5 Å². The van der Waals surface area contributed by atoms with Crippen molar-refractivity contribution in [2.45, 2.75) is 51.5 Å². The zero-order valence-electron chi connectivity index (χ0n) is 13.8. The van der Waals surface area contributed by atoms with E-state index in [1.54, 1.807) is 0 Å². The summed E-state index contributed by atoms with van der Waals surface area (Å²) in [5.41, 5.74) is 1.44. The molecule has 22 heavy (non-hydrogen) atoms. The number of piperidine rings is 2. The molecule has 3 nitrogen and oxygen atoms in total. The van der Waals surface area contributed by atoms with E-state index in [1.165, 1.54) is 18.4 Å². The van der Waals surface area contributed by atoms with Gasteiger partial charge in [0.1, 0.15) is 0 Å². The summed E-state index contributed by atoms with van der Waals surface area (Å²) in [6, 6.07) is 10.6. The highest BCUT2D eigenvalue weighted by Gasteiger charge is 2.40. The van der Waals surface area contributed by atoms with E-state index >= 15 is 0 Å². The molecule has 0 bridgehead atoms. The van der Waals surface area contributed by atoms with Crippen LogP contribution >= 0.6 is 0 Å². The zero-order valence-corrected chi connectivity index (χ0v) is 13.8. The lowest BCUT2D eigenvalue weighted by atomic mass is 9.76. The Labute approximate surface area is 134 Å². The van der Waals surface area contributed by atoms with Crippen LogP contribution in [0.1, 0.15) is 51.0 Å². The van der Waals surface area contributed by atoms with E-state index in [2.05, 4.69) is 54.4 Å². The van der Waals surface area contributed by atoms with Crippen molar-refractivity contribution in [3.8, 4) is 0 Å². The number of nitrogens with zero attached hydrogens (tertiary/aromatic N) is 1. The Morgan fingerprint density at radius 2 is 2.00 bits per heavy atom. The van der Waals surface area contributed by atoms with Crippen LogP contribution in [0, 0.1) is 5.41 Å². The highest BCUT2D eigenvalue weighted by molar-refractivity contribution is 5.83. The quantitative estimate of drug-likeness (QED) is 0.910. The minimum Gasteiger partial charge on any atom is -0.341 e. The molecule has 2 heterocycles. The molecule has 2 aliphatic heterocycles. The van der Waals surface area contributed by atoms with Gasteiger partial charge in [0, 0.05) is 19.0 Å². The Morgan fingerprint density at radius 1 is 1.23 bits per heavy atom. The number of hydrogen-bond acceptors (Lipinski definition) is 2. The van der Waals surface area contributed by atoms with E-state index in [4.69, 9.17) is 0 Å². The first-order valence-corrected chi connectivity index (χ1v) is 8.65. The molecule has 1 aromatic carbocycles. The molecule has 0 radical (unpaired) electrons. The summed E-state index contributed by atoms with van der Waals surface area (Å²) in [7, 11) is 0. The van der Waals surface area contributed by atoms with Crippen LogP contribution in [0.25, 0.3) is 0 Å². The lowest BCUT2D eigenvalue weighted by molar-refractivity contribution is -0.138. The topological polar surface area (TPSA) is 32.3 Å². The average molecular weight is 300 g/mol. The van der Waals surface area contributed by atoms with E-state index < -0.39 is 0 Å². The van der Waals surface area contributed by atoms with Crippen LogP contribution in [-0.4, -0.2) is 36.5 Å². The fraction of sp³-hybridized carbons (Fsp3) is 0.632. The third kappa shape index (κ3) is 3.19. The van der Waals surface area contributed by atoms with Crippen molar-refractivity contribution in [3.63, 3.8) is 0 Å². The third-order valence-corrected chi connectivity index (χ3v) is 5.38. The van der Waals surface area contributed by atoms with Gasteiger partial charge in [-0.2, -0.15) is 0 Å². The molecule has 2 fully saturated rings. The number of amides is 1. The molecule has 3 rings (SSSR count). The second-order valence-electron chi connectivity index (χ2n) is 7.51. The van der Waals surface area contributed by atoms with Gasteiger partial charge in [-0.25, -0.2) is 0 Å². The van der Waals surface area contributed by atoms with Gasteiger partial charge >= 0.3 is 0 Å². The Bertz CT molecular complexity index is 511. The first-order valence-electron chi connectivity index (χ1n) is 8.65. The number of carbonyl (C=O) groups excluding carboxylic acids is 1. The SMILES string of the molecule is CC1(C)CCCNC1C(=O)N1CCCC(c2ccccc2)C1. The smallest absolute Gasteiger partial charge is 0.240 e. The van der Waals surface area contributed by atoms with Crippen molar-refractivity contribution in [2.24, 2.45) is 5.41 Å². The van der Waals surface area contributed by atoms with Gasteiger partial charge in [-0.1, -0.05) is 44.2 Å². The standard InChI is InChI=1S/C19H28N2O/c1-19(2)11-7-12-20-17(19)18(22)21-13-6-10-16(14-21)15-8-4-3-5-9-15/h3-5,8-9,16-17,20H,6-7,10-14H2,1-2H3. The minimum absolute atomic E-state index is 0.0178. The molecule has 0 saturated carbocycles. The summed E-state index contributed by atoms with van der Waals surface area (Å²) in [6.07, 6.45) is 4.60. The number of benzene rings is 1. The number of likely N-dealkylation sites (tertiary alicyclic amines) is 1. The number of carbonyl (C=O) groups is 1. The summed E-state index contributed by atoms with van der Waals surface area (Å²) in [5.74, 6) is 0.802. The van der Waals surface area contributed by atoms with Gasteiger partial charge in [-0.05, 0) is 43.2 Å². The summed E-state index contributed by atoms with van der Waals surface area (Å²) in [6.45, 7) is 7.20. The average Bonchev–Trinajstić information content (AvgIpc) is 2.55. The van der Waals surface area contributed by atoms with Crippen molar-refractivity contribution in [3.05, 3.63) is 35.9 Å². The number of hydrogen-bond donors (Lipinski definition) is 1. The van der Waals surface area contributed by atoms with E-state index in [0.29, 0.717) is 11.8 Å². The van der Waals surface area contributed by atoms with E-state index in [1.807, 2.05) is 0 Å². The molecule has 1 aromatic rings. The largest absolute Gasteiger partial charge is 0.341 e. The molecular weight excluding hydrogens is 272 g/mol. The van der Waals surface area contributed by atoms with Gasteiger partial charge in [0.05, 0.1) is 6.04 Å². The highest BCUT2D eigenvalue weighted by Crippen LogP contribution is 2.33. The third-order valence-electron chi connectivity index (χ3n) is 5.38. The molecule has 3 heteroatoms. The lowest BCUT2D eigenvalue weighted by Crippen LogP contribution is -2.57. The minimum atomic E-state index is -0.0178. The Kier molecular flexibility index (Phi) is 4.53. The van der Waals surface area contributed by atoms with Crippen molar-refractivity contribution in [1.29, 1.82) is 0 Å². The van der Waals surface area contributed by atoms with Crippen molar-refractivity contribution in [1.82, 2.24) is 10.2 Å². The molecule has 0 spiro atoms. The predicted molar refractivity (Wildman–Crippen MR) is 89.8 cm³/mol. The van der Waals surface area contributed by atoms with E-state index in [9.17, 15) is 4.79 Å². The van der Waals surface area contributed by atoms with Crippen LogP contribution in [0.15, 0.2) is 30.3 Å². The normalized spacial score (nSPS) is 28.4. The Morgan fingerprint density at radius 3 is 2.73 bits per heavy atom. The molecule has 1 amide bonds. The number of nitrogens with one attached hydrogen (secondary N) is 1. The van der Waals surface area contributed by atoms with E-state index in [0.717, 1.165) is 32.5 Å². The fourth-order valence-electron chi connectivity index (χ4n) is 3.99. The molecule has 2 atom stereocenters. The summed E-state index contributed by atoms with van der Waals surface area (Å²) in [4.78, 5) is 15.1. The maximum absolute atomic E-state index is 13.0. The van der Waals surface area contributed by atoms with Crippen LogP contribution in [0.3, 0.4) is 0 Å². The van der Waals surface area contributed by atoms with Crippen LogP contribution in [-0.2, 0) is 4.79 Å². The lowest BCUT2D eigenvalue weighted by Gasteiger charge is -2.42. The molecule has 0 aromatic heterocycles. The van der Waals surface area contributed by atoms with Gasteiger partial charge in [0.2, 0.25) is 5.91 Å². The molecule has 0 aliphatic carbocycles. The summed E-state index contributed by atoms with van der Waals surface area (Å²) in [5, 5.41) is 3.47. The first-order chi connectivity index (χ1) is 10.6. The molecule has 2 saturated heterocycles. The molecule has 2 aliphatic rings. The zero-order chi connectivity index (χ0) is 15.6. The van der Waals surface area contributed by atoms with Crippen molar-refractivity contribution >= 4 is 5.91 Å². The van der Waals surface area contributed by atoms with Crippen molar-refractivity contribution < 1.29 is 4.79 Å². The van der Waals surface area contributed by atoms with Crippen LogP contribution in [0.2, 0.25) is 0 Å². The van der Waals surface area contributed by atoms with Gasteiger partial charge < -0.3 is 10.2 Å². The second kappa shape index (κ2) is 6.41. The first kappa shape index (κ1) is 15.5. The van der Waals surface area contributed by atoms with Gasteiger partial charge in [0.15, 0.2) is 0 Å². The Hall–Kier alpha value is -1.35. The maximum Gasteiger partial charge on any atom is 0.240 e. The predicted octanol–water partition coefficient (Wildman–Crippen LogP) is 3.17. The second-order valence-corrected chi connectivity index (χ2v) is 7.51. The summed E-state index contributed by atoms with van der Waals surface area (Å²) < 4.78 is 0. The molecule has 1 N–H and O–H groups in total. The number of rotatable bonds is 2. The van der Waals surface area contributed by atoms with Crippen LogP contribution in [0.4, 0.5) is 0 Å². The summed E-state index contributed by atoms with van der Waals surface area (Å²) >= 11 is 0. The molecule has 2 unspecified atom stereocenters.